The van der Waals surface area contributed by atoms with Crippen molar-refractivity contribution < 1.29 is 9.31 Å². The minimum atomic E-state index is -0.548. The minimum Gasteiger partial charge on any atom is -0.362 e. The monoisotopic (exact) mass is 239 g/mol. The molecule has 1 aliphatic rings. The first-order valence-electron chi connectivity index (χ1n) is 5.47. The van der Waals surface area contributed by atoms with E-state index in [1.807, 2.05) is 0 Å². The van der Waals surface area contributed by atoms with E-state index in [2.05, 4.69) is 5.32 Å². The Morgan fingerprint density at radius 1 is 1.59 bits per heavy atom. The largest absolute Gasteiger partial charge is 0.362 e. The number of halogens is 1. The molecule has 0 radical (unpaired) electrons. The highest BCUT2D eigenvalue weighted by Crippen LogP contribution is 2.32. The third-order valence-corrected chi connectivity index (χ3v) is 3.10. The van der Waals surface area contributed by atoms with Crippen molar-refractivity contribution in [2.24, 2.45) is 0 Å². The van der Waals surface area contributed by atoms with Gasteiger partial charge in [-0.1, -0.05) is 6.07 Å². The van der Waals surface area contributed by atoms with Gasteiger partial charge >= 0.3 is 0 Å². The molecule has 0 bridgehead atoms. The van der Waals surface area contributed by atoms with Gasteiger partial charge in [-0.2, -0.15) is 0 Å². The van der Waals surface area contributed by atoms with Crippen molar-refractivity contribution >= 4 is 11.4 Å². The number of para-hydroxylation sites is 1. The minimum absolute atomic E-state index is 0.0752. The second kappa shape index (κ2) is 4.67. The molecule has 17 heavy (non-hydrogen) atoms. The molecular formula is C11H14FN3O2. The van der Waals surface area contributed by atoms with Gasteiger partial charge in [0.05, 0.1) is 4.92 Å². The predicted molar refractivity (Wildman–Crippen MR) is 62.7 cm³/mol. The molecule has 1 saturated heterocycles. The first-order valence-corrected chi connectivity index (χ1v) is 5.47. The van der Waals surface area contributed by atoms with E-state index in [0.717, 1.165) is 19.5 Å². The van der Waals surface area contributed by atoms with E-state index in [1.165, 1.54) is 18.2 Å². The van der Waals surface area contributed by atoms with E-state index < -0.39 is 10.7 Å². The van der Waals surface area contributed by atoms with E-state index in [0.29, 0.717) is 0 Å². The number of rotatable bonds is 3. The van der Waals surface area contributed by atoms with Crippen LogP contribution in [0.3, 0.4) is 0 Å². The number of likely N-dealkylation sites (N-methyl/N-ethyl adjacent to an activating group) is 1. The van der Waals surface area contributed by atoms with Crippen molar-refractivity contribution in [3.8, 4) is 0 Å². The fraction of sp³-hybridized carbons (Fsp3) is 0.455. The van der Waals surface area contributed by atoms with E-state index in [1.54, 1.807) is 11.9 Å². The van der Waals surface area contributed by atoms with Crippen LogP contribution in [0.15, 0.2) is 18.2 Å². The fourth-order valence-electron chi connectivity index (χ4n) is 2.15. The van der Waals surface area contributed by atoms with Gasteiger partial charge in [-0.3, -0.25) is 10.1 Å². The third-order valence-electron chi connectivity index (χ3n) is 3.10. The number of nitrogens with zero attached hydrogens (tertiary/aromatic N) is 2. The van der Waals surface area contributed by atoms with Crippen LogP contribution in [-0.2, 0) is 0 Å². The van der Waals surface area contributed by atoms with Crippen molar-refractivity contribution in [3.63, 3.8) is 0 Å². The van der Waals surface area contributed by atoms with Crippen LogP contribution >= 0.6 is 0 Å². The van der Waals surface area contributed by atoms with Crippen molar-refractivity contribution in [1.29, 1.82) is 0 Å². The van der Waals surface area contributed by atoms with Crippen LogP contribution in [0, 0.1) is 15.9 Å². The van der Waals surface area contributed by atoms with E-state index >= 15 is 0 Å². The maximum Gasteiger partial charge on any atom is 0.295 e. The summed E-state index contributed by atoms with van der Waals surface area (Å²) in [7, 11) is 1.70. The van der Waals surface area contributed by atoms with Gasteiger partial charge in [0.25, 0.3) is 5.69 Å². The van der Waals surface area contributed by atoms with Crippen LogP contribution in [0.5, 0.6) is 0 Å². The average molecular weight is 239 g/mol. The summed E-state index contributed by atoms with van der Waals surface area (Å²) in [6.07, 6.45) is 0.863. The molecule has 1 aromatic carbocycles. The summed E-state index contributed by atoms with van der Waals surface area (Å²) in [5.74, 6) is -0.548. The van der Waals surface area contributed by atoms with Crippen LogP contribution in [0.1, 0.15) is 6.42 Å². The highest BCUT2D eigenvalue weighted by molar-refractivity contribution is 5.64. The molecule has 5 nitrogen and oxygen atoms in total. The molecular weight excluding hydrogens is 225 g/mol. The molecule has 1 N–H and O–H groups in total. The Balaban J connectivity index is 2.38. The topological polar surface area (TPSA) is 58.4 Å². The number of nitrogens with one attached hydrogen (secondary N) is 1. The lowest BCUT2D eigenvalue weighted by atomic mass is 10.1. The summed E-state index contributed by atoms with van der Waals surface area (Å²) >= 11 is 0. The standard InChI is InChI=1S/C11H14FN3O2/c1-14(8-5-6-13-7-8)11-9(12)3-2-4-10(11)15(16)17/h2-4,8,13H,5-7H2,1H3. The molecule has 92 valence electrons. The molecule has 0 aromatic heterocycles. The smallest absolute Gasteiger partial charge is 0.295 e. The van der Waals surface area contributed by atoms with Crippen LogP contribution in [0.4, 0.5) is 15.8 Å². The van der Waals surface area contributed by atoms with Crippen LogP contribution < -0.4 is 10.2 Å². The summed E-state index contributed by atoms with van der Waals surface area (Å²) in [5, 5.41) is 14.0. The predicted octanol–water partition coefficient (Wildman–Crippen LogP) is 1.53. The lowest BCUT2D eigenvalue weighted by molar-refractivity contribution is -0.384. The number of nitro benzene ring substituents is 1. The number of anilines is 1. The van der Waals surface area contributed by atoms with E-state index in [-0.39, 0.29) is 17.4 Å². The molecule has 0 saturated carbocycles. The fourth-order valence-corrected chi connectivity index (χ4v) is 2.15. The quantitative estimate of drug-likeness (QED) is 0.642. The molecule has 1 unspecified atom stereocenters. The van der Waals surface area contributed by atoms with Crippen molar-refractivity contribution in [2.45, 2.75) is 12.5 Å². The molecule has 0 aliphatic carbocycles. The summed E-state index contributed by atoms with van der Waals surface area (Å²) in [5.41, 5.74) is -0.106. The zero-order chi connectivity index (χ0) is 12.4. The number of nitro groups is 1. The molecule has 2 rings (SSSR count). The summed E-state index contributed by atoms with van der Waals surface area (Å²) in [6, 6.07) is 4.04. The first-order chi connectivity index (χ1) is 8.11. The SMILES string of the molecule is CN(c1c(F)cccc1[N+](=O)[O-])C1CCNC1. The van der Waals surface area contributed by atoms with Crippen LogP contribution in [0.25, 0.3) is 0 Å². The molecule has 0 amide bonds. The number of hydrogen-bond acceptors (Lipinski definition) is 4. The molecule has 0 spiro atoms. The molecule has 1 atom stereocenters. The second-order valence-corrected chi connectivity index (χ2v) is 4.12. The Labute approximate surface area is 98.4 Å². The highest BCUT2D eigenvalue weighted by Gasteiger charge is 2.27. The molecule has 1 aliphatic heterocycles. The van der Waals surface area contributed by atoms with Gasteiger partial charge in [-0.15, -0.1) is 0 Å². The Morgan fingerprint density at radius 2 is 2.35 bits per heavy atom. The van der Waals surface area contributed by atoms with Gasteiger partial charge in [0, 0.05) is 25.7 Å². The van der Waals surface area contributed by atoms with Gasteiger partial charge < -0.3 is 10.2 Å². The second-order valence-electron chi connectivity index (χ2n) is 4.12. The Morgan fingerprint density at radius 3 is 2.94 bits per heavy atom. The summed E-state index contributed by atoms with van der Waals surface area (Å²) in [4.78, 5) is 12.0. The van der Waals surface area contributed by atoms with E-state index in [4.69, 9.17) is 0 Å². The highest BCUT2D eigenvalue weighted by atomic mass is 19.1. The van der Waals surface area contributed by atoms with Crippen LogP contribution in [0.2, 0.25) is 0 Å². The first kappa shape index (κ1) is 11.8. The number of hydrogen-bond donors (Lipinski definition) is 1. The zero-order valence-electron chi connectivity index (χ0n) is 9.52. The molecule has 1 heterocycles. The maximum atomic E-state index is 13.7. The van der Waals surface area contributed by atoms with Crippen LogP contribution in [-0.4, -0.2) is 31.1 Å². The lowest BCUT2D eigenvalue weighted by Gasteiger charge is -2.25. The summed E-state index contributed by atoms with van der Waals surface area (Å²) < 4.78 is 13.7. The summed E-state index contributed by atoms with van der Waals surface area (Å²) in [6.45, 7) is 1.58. The zero-order valence-corrected chi connectivity index (χ0v) is 9.52. The van der Waals surface area contributed by atoms with Gasteiger partial charge in [-0.05, 0) is 19.0 Å². The van der Waals surface area contributed by atoms with Crippen molar-refractivity contribution in [1.82, 2.24) is 5.32 Å². The Bertz CT molecular complexity index is 433. The average Bonchev–Trinajstić information content (AvgIpc) is 2.81. The van der Waals surface area contributed by atoms with Gasteiger partial charge in [0.15, 0.2) is 11.5 Å². The van der Waals surface area contributed by atoms with Crippen molar-refractivity contribution in [3.05, 3.63) is 34.1 Å². The number of benzene rings is 1. The van der Waals surface area contributed by atoms with Gasteiger partial charge in [0.2, 0.25) is 0 Å². The Kier molecular flexibility index (Phi) is 3.23. The molecule has 1 aromatic rings. The third kappa shape index (κ3) is 2.21. The van der Waals surface area contributed by atoms with E-state index in [9.17, 15) is 14.5 Å². The maximum absolute atomic E-state index is 13.7. The molecule has 6 heteroatoms. The Hall–Kier alpha value is -1.69. The van der Waals surface area contributed by atoms with Gasteiger partial charge in [-0.25, -0.2) is 4.39 Å². The van der Waals surface area contributed by atoms with Gasteiger partial charge in [0.1, 0.15) is 0 Å². The lowest BCUT2D eigenvalue weighted by Crippen LogP contribution is -2.34. The normalized spacial score (nSPS) is 19.3. The molecule has 1 fully saturated rings. The van der Waals surface area contributed by atoms with Crippen molar-refractivity contribution in [2.75, 3.05) is 25.0 Å².